The van der Waals surface area contributed by atoms with Crippen molar-refractivity contribution in [3.63, 3.8) is 0 Å². The summed E-state index contributed by atoms with van der Waals surface area (Å²) >= 11 is 0. The van der Waals surface area contributed by atoms with Gasteiger partial charge in [0.15, 0.2) is 6.61 Å². The number of carbonyl (C=O) groups is 2. The molecule has 3 N–H and O–H groups in total. The van der Waals surface area contributed by atoms with Crippen LogP contribution in [0, 0.1) is 17.0 Å². The third kappa shape index (κ3) is 3.25. The zero-order chi connectivity index (χ0) is 13.7. The van der Waals surface area contributed by atoms with Crippen molar-refractivity contribution in [3.8, 4) is 0 Å². The maximum Gasteiger partial charge on any atom is 0.285 e. The Morgan fingerprint density at radius 3 is 2.72 bits per heavy atom. The highest BCUT2D eigenvalue weighted by Gasteiger charge is 2.22. The summed E-state index contributed by atoms with van der Waals surface area (Å²) in [6.07, 6.45) is 0. The number of carbonyl (C=O) groups excluding carboxylic acids is 2. The third-order valence-corrected chi connectivity index (χ3v) is 2.04. The Labute approximate surface area is 102 Å². The highest BCUT2D eigenvalue weighted by molar-refractivity contribution is 5.98. The lowest BCUT2D eigenvalue weighted by Crippen LogP contribution is -2.29. The molecule has 0 aliphatic rings. The van der Waals surface area contributed by atoms with Crippen LogP contribution in [0.1, 0.15) is 15.9 Å². The van der Waals surface area contributed by atoms with Crippen LogP contribution in [-0.4, -0.2) is 23.3 Å². The van der Waals surface area contributed by atoms with E-state index in [1.54, 1.807) is 0 Å². The predicted octanol–water partition coefficient (Wildman–Crippen LogP) is 0.0499. The van der Waals surface area contributed by atoms with Gasteiger partial charge >= 0.3 is 0 Å². The largest absolute Gasteiger partial charge is 0.368 e. The highest BCUT2D eigenvalue weighted by Crippen LogP contribution is 2.22. The lowest BCUT2D eigenvalue weighted by Gasteiger charge is -2.06. The first-order valence-electron chi connectivity index (χ1n) is 4.88. The lowest BCUT2D eigenvalue weighted by atomic mass is 10.1. The fourth-order valence-corrected chi connectivity index (χ4v) is 1.31. The molecule has 0 aromatic heterocycles. The van der Waals surface area contributed by atoms with Gasteiger partial charge in [0.25, 0.3) is 11.6 Å². The normalized spacial score (nSPS) is 9.83. The maximum absolute atomic E-state index is 11.6. The fourth-order valence-electron chi connectivity index (χ4n) is 1.31. The summed E-state index contributed by atoms with van der Waals surface area (Å²) in [5.74, 6) is -1.58. The Morgan fingerprint density at radius 1 is 1.50 bits per heavy atom. The van der Waals surface area contributed by atoms with Gasteiger partial charge < -0.3 is 5.73 Å². The van der Waals surface area contributed by atoms with Crippen LogP contribution in [0.3, 0.4) is 0 Å². The van der Waals surface area contributed by atoms with Crippen molar-refractivity contribution in [1.82, 2.24) is 5.48 Å². The van der Waals surface area contributed by atoms with E-state index < -0.39 is 23.3 Å². The van der Waals surface area contributed by atoms with Gasteiger partial charge in [-0.3, -0.25) is 24.5 Å². The van der Waals surface area contributed by atoms with Gasteiger partial charge in [-0.25, -0.2) is 5.48 Å². The average Bonchev–Trinajstić information content (AvgIpc) is 2.27. The number of nitrogens with zero attached hydrogens (tertiary/aromatic N) is 1. The van der Waals surface area contributed by atoms with Gasteiger partial charge in [0, 0.05) is 5.56 Å². The van der Waals surface area contributed by atoms with Crippen LogP contribution in [0.2, 0.25) is 0 Å². The monoisotopic (exact) mass is 253 g/mol. The zero-order valence-corrected chi connectivity index (χ0v) is 9.50. The molecular formula is C10H11N3O5. The van der Waals surface area contributed by atoms with Gasteiger partial charge in [0.1, 0.15) is 5.56 Å². The van der Waals surface area contributed by atoms with Gasteiger partial charge in [0.2, 0.25) is 5.91 Å². The van der Waals surface area contributed by atoms with E-state index in [0.29, 0.717) is 5.56 Å². The zero-order valence-electron chi connectivity index (χ0n) is 9.50. The summed E-state index contributed by atoms with van der Waals surface area (Å²) in [5.41, 5.74) is 6.60. The first-order valence-corrected chi connectivity index (χ1v) is 4.88. The molecule has 0 bridgehead atoms. The number of amides is 2. The van der Waals surface area contributed by atoms with E-state index in [0.717, 1.165) is 0 Å². The first kappa shape index (κ1) is 13.6. The first-order chi connectivity index (χ1) is 8.43. The molecule has 0 saturated carbocycles. The number of hydrogen-bond donors (Lipinski definition) is 2. The van der Waals surface area contributed by atoms with Crippen LogP contribution < -0.4 is 11.2 Å². The molecule has 0 radical (unpaired) electrons. The highest BCUT2D eigenvalue weighted by atomic mass is 16.7. The van der Waals surface area contributed by atoms with Crippen molar-refractivity contribution in [3.05, 3.63) is 39.4 Å². The molecule has 1 rings (SSSR count). The summed E-state index contributed by atoms with van der Waals surface area (Å²) in [5, 5.41) is 10.8. The van der Waals surface area contributed by atoms with Crippen LogP contribution in [0.5, 0.6) is 0 Å². The number of hydroxylamine groups is 1. The summed E-state index contributed by atoms with van der Waals surface area (Å²) in [7, 11) is 0. The standard InChI is InChI=1S/C10H11N3O5/c1-6-3-2-4-7(9(6)13(16)17)10(15)12-18-5-8(11)14/h2-4H,5H2,1H3,(H2,11,14)(H,12,15). The minimum atomic E-state index is -0.813. The quantitative estimate of drug-likeness (QED) is 0.566. The van der Waals surface area contributed by atoms with E-state index >= 15 is 0 Å². The minimum absolute atomic E-state index is 0.149. The lowest BCUT2D eigenvalue weighted by molar-refractivity contribution is -0.385. The SMILES string of the molecule is Cc1cccc(C(=O)NOCC(N)=O)c1[N+](=O)[O-]. The molecule has 2 amide bonds. The topological polar surface area (TPSA) is 125 Å². The van der Waals surface area contributed by atoms with Crippen molar-refractivity contribution in [2.75, 3.05) is 6.61 Å². The minimum Gasteiger partial charge on any atom is -0.368 e. The molecular weight excluding hydrogens is 242 g/mol. The smallest absolute Gasteiger partial charge is 0.285 e. The van der Waals surface area contributed by atoms with Gasteiger partial charge in [-0.1, -0.05) is 12.1 Å². The molecule has 0 aliphatic carbocycles. The van der Waals surface area contributed by atoms with Crippen molar-refractivity contribution < 1.29 is 19.3 Å². The molecule has 1 aromatic rings. The fraction of sp³-hybridized carbons (Fsp3) is 0.200. The third-order valence-electron chi connectivity index (χ3n) is 2.04. The van der Waals surface area contributed by atoms with Crippen LogP contribution in [0.25, 0.3) is 0 Å². The molecule has 8 heteroatoms. The molecule has 18 heavy (non-hydrogen) atoms. The summed E-state index contributed by atoms with van der Waals surface area (Å²) in [6, 6.07) is 4.30. The van der Waals surface area contributed by atoms with Gasteiger partial charge in [-0.2, -0.15) is 0 Å². The van der Waals surface area contributed by atoms with Crippen LogP contribution in [-0.2, 0) is 9.63 Å². The molecule has 0 spiro atoms. The second-order valence-electron chi connectivity index (χ2n) is 3.41. The number of benzene rings is 1. The van der Waals surface area contributed by atoms with Gasteiger partial charge in [-0.15, -0.1) is 0 Å². The van der Waals surface area contributed by atoms with E-state index in [2.05, 4.69) is 4.84 Å². The predicted molar refractivity (Wildman–Crippen MR) is 60.4 cm³/mol. The van der Waals surface area contributed by atoms with Crippen molar-refractivity contribution in [2.45, 2.75) is 6.92 Å². The van der Waals surface area contributed by atoms with E-state index in [9.17, 15) is 19.7 Å². The Bertz CT molecular complexity index is 500. The number of aryl methyl sites for hydroxylation is 1. The number of para-hydroxylation sites is 1. The number of nitrogens with two attached hydrogens (primary N) is 1. The second-order valence-corrected chi connectivity index (χ2v) is 3.41. The number of rotatable bonds is 5. The van der Waals surface area contributed by atoms with Gasteiger partial charge in [-0.05, 0) is 13.0 Å². The average molecular weight is 253 g/mol. The molecule has 0 heterocycles. The molecule has 0 atom stereocenters. The molecule has 0 unspecified atom stereocenters. The number of nitrogens with one attached hydrogen (secondary N) is 1. The Balaban J connectivity index is 2.89. The number of nitro benzene ring substituents is 1. The van der Waals surface area contributed by atoms with Crippen molar-refractivity contribution in [1.29, 1.82) is 0 Å². The Morgan fingerprint density at radius 2 is 2.17 bits per heavy atom. The van der Waals surface area contributed by atoms with Crippen LogP contribution in [0.15, 0.2) is 18.2 Å². The van der Waals surface area contributed by atoms with Gasteiger partial charge in [0.05, 0.1) is 4.92 Å². The molecule has 96 valence electrons. The second kappa shape index (κ2) is 5.73. The number of hydrogen-bond acceptors (Lipinski definition) is 5. The van der Waals surface area contributed by atoms with E-state index in [1.807, 2.05) is 5.48 Å². The molecule has 0 fully saturated rings. The summed E-state index contributed by atoms with van der Waals surface area (Å²) < 4.78 is 0. The summed E-state index contributed by atoms with van der Waals surface area (Å²) in [6.45, 7) is 1.00. The number of primary amides is 1. The Hall–Kier alpha value is -2.48. The van der Waals surface area contributed by atoms with E-state index in [4.69, 9.17) is 5.73 Å². The maximum atomic E-state index is 11.6. The van der Waals surface area contributed by atoms with E-state index in [-0.39, 0.29) is 11.3 Å². The van der Waals surface area contributed by atoms with Crippen LogP contribution >= 0.6 is 0 Å². The summed E-state index contributed by atoms with van der Waals surface area (Å²) in [4.78, 5) is 36.7. The van der Waals surface area contributed by atoms with Crippen LogP contribution in [0.4, 0.5) is 5.69 Å². The molecule has 8 nitrogen and oxygen atoms in total. The Kier molecular flexibility index (Phi) is 4.33. The van der Waals surface area contributed by atoms with E-state index in [1.165, 1.54) is 25.1 Å². The molecule has 0 aliphatic heterocycles. The molecule has 1 aromatic carbocycles. The molecule has 0 saturated heterocycles. The number of nitro groups is 1. The van der Waals surface area contributed by atoms with Crippen molar-refractivity contribution >= 4 is 17.5 Å². The van der Waals surface area contributed by atoms with Crippen molar-refractivity contribution in [2.24, 2.45) is 5.73 Å².